The molecule has 1 aromatic rings. The lowest BCUT2D eigenvalue weighted by atomic mass is 10.2. The molecule has 1 aliphatic heterocycles. The molecule has 5 nitrogen and oxygen atoms in total. The Morgan fingerprint density at radius 3 is 2.68 bits per heavy atom. The molecule has 0 saturated carbocycles. The molecule has 1 fully saturated rings. The highest BCUT2D eigenvalue weighted by atomic mass is 79.9. The number of nitrogens with one attached hydrogen (secondary N) is 1. The third-order valence-electron chi connectivity index (χ3n) is 3.47. The van der Waals surface area contributed by atoms with Crippen LogP contribution < -0.4 is 4.72 Å². The molecule has 0 spiro atoms. The van der Waals surface area contributed by atoms with Crippen molar-refractivity contribution in [3.63, 3.8) is 0 Å². The molecular weight excluding hydrogens is 368 g/mol. The fourth-order valence-electron chi connectivity index (χ4n) is 2.49. The summed E-state index contributed by atoms with van der Waals surface area (Å²) < 4.78 is 33.7. The molecule has 1 saturated heterocycles. The molecule has 1 aromatic carbocycles. The second-order valence-electron chi connectivity index (χ2n) is 5.95. The van der Waals surface area contributed by atoms with Gasteiger partial charge in [0, 0.05) is 30.7 Å². The zero-order valence-corrected chi connectivity index (χ0v) is 15.4. The van der Waals surface area contributed by atoms with Gasteiger partial charge >= 0.3 is 0 Å². The van der Waals surface area contributed by atoms with E-state index in [0.29, 0.717) is 19.1 Å². The fraction of sp³-hybridized carbons (Fsp3) is 0.600. The Labute approximate surface area is 141 Å². The first-order chi connectivity index (χ1) is 10.4. The van der Waals surface area contributed by atoms with Crippen LogP contribution in [0.3, 0.4) is 0 Å². The van der Waals surface area contributed by atoms with Crippen LogP contribution in [0.1, 0.15) is 13.8 Å². The topological polar surface area (TPSA) is 58.6 Å². The van der Waals surface area contributed by atoms with E-state index < -0.39 is 10.0 Å². The van der Waals surface area contributed by atoms with Gasteiger partial charge in [0.25, 0.3) is 0 Å². The first kappa shape index (κ1) is 17.9. The van der Waals surface area contributed by atoms with E-state index in [2.05, 4.69) is 39.4 Å². The van der Waals surface area contributed by atoms with Gasteiger partial charge in [-0.15, -0.1) is 0 Å². The monoisotopic (exact) mass is 390 g/mol. The summed E-state index contributed by atoms with van der Waals surface area (Å²) in [5, 5.41) is 0. The summed E-state index contributed by atoms with van der Waals surface area (Å²) in [6, 6.07) is 6.60. The molecule has 1 heterocycles. The van der Waals surface area contributed by atoms with E-state index in [4.69, 9.17) is 4.74 Å². The quantitative estimate of drug-likeness (QED) is 0.807. The summed E-state index contributed by atoms with van der Waals surface area (Å²) in [4.78, 5) is 2.60. The highest BCUT2D eigenvalue weighted by molar-refractivity contribution is 9.10. The van der Waals surface area contributed by atoms with Gasteiger partial charge < -0.3 is 4.74 Å². The van der Waals surface area contributed by atoms with E-state index in [1.807, 2.05) is 0 Å². The number of ether oxygens (including phenoxy) is 1. The predicted molar refractivity (Wildman–Crippen MR) is 90.3 cm³/mol. The van der Waals surface area contributed by atoms with Crippen molar-refractivity contribution in [2.24, 2.45) is 5.92 Å². The average Bonchev–Trinajstić information content (AvgIpc) is 2.45. The molecule has 7 heteroatoms. The standard InChI is InChI=1S/C15H23BrN2O3S/c1-12(2)10-18-7-8-21-14(11-18)9-17-22(19,20)15-5-3-13(16)4-6-15/h3-6,12,14,17H,7-11H2,1-2H3. The van der Waals surface area contributed by atoms with Crippen LogP contribution in [0.15, 0.2) is 33.6 Å². The summed E-state index contributed by atoms with van der Waals surface area (Å²) in [6.45, 7) is 8.00. The van der Waals surface area contributed by atoms with E-state index in [-0.39, 0.29) is 11.0 Å². The molecular formula is C15H23BrN2O3S. The largest absolute Gasteiger partial charge is 0.374 e. The predicted octanol–water partition coefficient (Wildman–Crippen LogP) is 2.08. The average molecular weight is 391 g/mol. The minimum Gasteiger partial charge on any atom is -0.374 e. The summed E-state index contributed by atoms with van der Waals surface area (Å²) >= 11 is 3.30. The van der Waals surface area contributed by atoms with Gasteiger partial charge in [-0.3, -0.25) is 4.90 Å². The first-order valence-electron chi connectivity index (χ1n) is 7.46. The van der Waals surface area contributed by atoms with Crippen molar-refractivity contribution in [2.75, 3.05) is 32.8 Å². The van der Waals surface area contributed by atoms with E-state index in [1.165, 1.54) is 0 Å². The van der Waals surface area contributed by atoms with Crippen LogP contribution >= 0.6 is 15.9 Å². The van der Waals surface area contributed by atoms with Gasteiger partial charge in [0.05, 0.1) is 17.6 Å². The molecule has 22 heavy (non-hydrogen) atoms. The Balaban J connectivity index is 1.90. The Morgan fingerprint density at radius 2 is 2.05 bits per heavy atom. The minimum absolute atomic E-state index is 0.0993. The van der Waals surface area contributed by atoms with E-state index in [1.54, 1.807) is 24.3 Å². The molecule has 0 radical (unpaired) electrons. The molecule has 0 bridgehead atoms. The lowest BCUT2D eigenvalue weighted by molar-refractivity contribution is -0.0280. The molecule has 2 rings (SSSR count). The molecule has 1 atom stereocenters. The SMILES string of the molecule is CC(C)CN1CCOC(CNS(=O)(=O)c2ccc(Br)cc2)C1. The van der Waals surface area contributed by atoms with Gasteiger partial charge in [-0.2, -0.15) is 0 Å². The number of sulfonamides is 1. The van der Waals surface area contributed by atoms with Crippen molar-refractivity contribution in [3.8, 4) is 0 Å². The lowest BCUT2D eigenvalue weighted by Crippen LogP contribution is -2.48. The van der Waals surface area contributed by atoms with Crippen molar-refractivity contribution in [2.45, 2.75) is 24.8 Å². The number of hydrogen-bond acceptors (Lipinski definition) is 4. The Bertz CT molecular complexity index is 575. The molecule has 0 aromatic heterocycles. The molecule has 1 N–H and O–H groups in total. The van der Waals surface area contributed by atoms with Crippen molar-refractivity contribution in [1.82, 2.24) is 9.62 Å². The van der Waals surface area contributed by atoms with E-state index >= 15 is 0 Å². The van der Waals surface area contributed by atoms with Crippen LogP contribution in [0.4, 0.5) is 0 Å². The first-order valence-corrected chi connectivity index (χ1v) is 9.73. The van der Waals surface area contributed by atoms with Gasteiger partial charge in [0.1, 0.15) is 0 Å². The van der Waals surface area contributed by atoms with Crippen LogP contribution in [0.5, 0.6) is 0 Å². The van der Waals surface area contributed by atoms with Crippen molar-refractivity contribution >= 4 is 26.0 Å². The summed E-state index contributed by atoms with van der Waals surface area (Å²) in [7, 11) is -3.49. The highest BCUT2D eigenvalue weighted by Gasteiger charge is 2.23. The lowest BCUT2D eigenvalue weighted by Gasteiger charge is -2.33. The van der Waals surface area contributed by atoms with Crippen LogP contribution in [-0.4, -0.2) is 52.2 Å². The van der Waals surface area contributed by atoms with Gasteiger partial charge in [0.15, 0.2) is 0 Å². The van der Waals surface area contributed by atoms with Crippen LogP contribution in [0.25, 0.3) is 0 Å². The summed E-state index contributed by atoms with van der Waals surface area (Å²) in [5.41, 5.74) is 0. The Hall–Kier alpha value is -0.470. The molecule has 124 valence electrons. The smallest absolute Gasteiger partial charge is 0.240 e. The Kier molecular flexibility index (Phi) is 6.40. The minimum atomic E-state index is -3.49. The maximum atomic E-state index is 12.2. The second kappa shape index (κ2) is 7.88. The second-order valence-corrected chi connectivity index (χ2v) is 8.63. The zero-order chi connectivity index (χ0) is 16.2. The maximum Gasteiger partial charge on any atom is 0.240 e. The number of benzene rings is 1. The number of hydrogen-bond donors (Lipinski definition) is 1. The summed E-state index contributed by atoms with van der Waals surface area (Å²) in [6.07, 6.45) is -0.0993. The third kappa shape index (κ3) is 5.31. The van der Waals surface area contributed by atoms with Gasteiger partial charge in [-0.1, -0.05) is 29.8 Å². The number of nitrogens with zero attached hydrogens (tertiary/aromatic N) is 1. The number of rotatable bonds is 6. The fourth-order valence-corrected chi connectivity index (χ4v) is 3.82. The summed E-state index contributed by atoms with van der Waals surface area (Å²) in [5.74, 6) is 0.596. The van der Waals surface area contributed by atoms with Crippen LogP contribution in [0, 0.1) is 5.92 Å². The normalized spacial score (nSPS) is 20.5. The van der Waals surface area contributed by atoms with Gasteiger partial charge in [-0.25, -0.2) is 13.1 Å². The Morgan fingerprint density at radius 1 is 1.36 bits per heavy atom. The zero-order valence-electron chi connectivity index (χ0n) is 13.0. The van der Waals surface area contributed by atoms with Crippen molar-refractivity contribution < 1.29 is 13.2 Å². The molecule has 0 amide bonds. The van der Waals surface area contributed by atoms with E-state index in [9.17, 15) is 8.42 Å². The maximum absolute atomic E-state index is 12.2. The molecule has 1 aliphatic rings. The third-order valence-corrected chi connectivity index (χ3v) is 5.44. The molecule has 0 aliphatic carbocycles. The van der Waals surface area contributed by atoms with Gasteiger partial charge in [0.2, 0.25) is 10.0 Å². The molecule has 1 unspecified atom stereocenters. The van der Waals surface area contributed by atoms with Crippen LogP contribution in [-0.2, 0) is 14.8 Å². The highest BCUT2D eigenvalue weighted by Crippen LogP contribution is 2.15. The van der Waals surface area contributed by atoms with Crippen molar-refractivity contribution in [3.05, 3.63) is 28.7 Å². The van der Waals surface area contributed by atoms with Crippen LogP contribution in [0.2, 0.25) is 0 Å². The number of halogens is 1. The van der Waals surface area contributed by atoms with Gasteiger partial charge in [-0.05, 0) is 30.2 Å². The van der Waals surface area contributed by atoms with E-state index in [0.717, 1.165) is 24.1 Å². The number of morpholine rings is 1. The van der Waals surface area contributed by atoms with Crippen molar-refractivity contribution in [1.29, 1.82) is 0 Å².